The number of imide groups is 1. The summed E-state index contributed by atoms with van der Waals surface area (Å²) in [5, 5.41) is 0. The number of hydrogen-bond donors (Lipinski definition) is 0. The highest BCUT2D eigenvalue weighted by molar-refractivity contribution is 6.22. The molecule has 5 nitrogen and oxygen atoms in total. The zero-order valence-electron chi connectivity index (χ0n) is 17.8. The summed E-state index contributed by atoms with van der Waals surface area (Å²) >= 11 is 0. The number of carbonyl (C=O) groups excluding carboxylic acids is 3. The molecule has 30 heavy (non-hydrogen) atoms. The van der Waals surface area contributed by atoms with E-state index in [1.54, 1.807) is 24.3 Å². The van der Waals surface area contributed by atoms with Crippen LogP contribution in [0.1, 0.15) is 65.8 Å². The molecule has 0 aromatic heterocycles. The Labute approximate surface area is 178 Å². The molecule has 3 amide bonds. The summed E-state index contributed by atoms with van der Waals surface area (Å²) in [5.74, 6) is -0.901. The van der Waals surface area contributed by atoms with Crippen LogP contribution in [-0.4, -0.2) is 46.7 Å². The van der Waals surface area contributed by atoms with Crippen molar-refractivity contribution in [1.82, 2.24) is 9.80 Å². The lowest BCUT2D eigenvalue weighted by Gasteiger charge is -2.32. The molecule has 1 aliphatic heterocycles. The predicted molar refractivity (Wildman–Crippen MR) is 117 cm³/mol. The monoisotopic (exact) mass is 406 g/mol. The van der Waals surface area contributed by atoms with E-state index < -0.39 is 6.04 Å². The predicted octanol–water partition coefficient (Wildman–Crippen LogP) is 4.32. The SMILES string of the molecule is CCCCN(CCCC)C(=O)C(Cc1ccccc1)N1C(=O)c2ccccc2C1=O. The van der Waals surface area contributed by atoms with E-state index in [2.05, 4.69) is 13.8 Å². The first-order valence-corrected chi connectivity index (χ1v) is 10.9. The molecule has 2 aromatic rings. The lowest BCUT2D eigenvalue weighted by atomic mass is 10.0. The Hall–Kier alpha value is -2.95. The van der Waals surface area contributed by atoms with E-state index in [4.69, 9.17) is 0 Å². The van der Waals surface area contributed by atoms with Gasteiger partial charge in [0.25, 0.3) is 11.8 Å². The fourth-order valence-corrected chi connectivity index (χ4v) is 3.86. The van der Waals surface area contributed by atoms with E-state index in [1.807, 2.05) is 35.2 Å². The molecule has 0 fully saturated rings. The molecular weight excluding hydrogens is 376 g/mol. The molecule has 0 saturated heterocycles. The summed E-state index contributed by atoms with van der Waals surface area (Å²) in [6, 6.07) is 15.6. The Morgan fingerprint density at radius 3 is 1.83 bits per heavy atom. The van der Waals surface area contributed by atoms with Gasteiger partial charge in [0.1, 0.15) is 6.04 Å². The highest BCUT2D eigenvalue weighted by Crippen LogP contribution is 2.27. The molecule has 2 aromatic carbocycles. The van der Waals surface area contributed by atoms with Crippen LogP contribution in [0.15, 0.2) is 54.6 Å². The Morgan fingerprint density at radius 2 is 1.33 bits per heavy atom. The second-order valence-corrected chi connectivity index (χ2v) is 7.76. The van der Waals surface area contributed by atoms with Crippen LogP contribution in [0.5, 0.6) is 0 Å². The maximum absolute atomic E-state index is 13.7. The van der Waals surface area contributed by atoms with Gasteiger partial charge < -0.3 is 4.90 Å². The average Bonchev–Trinajstić information content (AvgIpc) is 3.03. The number of nitrogens with zero attached hydrogens (tertiary/aromatic N) is 2. The van der Waals surface area contributed by atoms with Gasteiger partial charge in [-0.1, -0.05) is 69.2 Å². The van der Waals surface area contributed by atoms with Crippen molar-refractivity contribution in [2.75, 3.05) is 13.1 Å². The summed E-state index contributed by atoms with van der Waals surface area (Å²) in [5.41, 5.74) is 1.68. The van der Waals surface area contributed by atoms with Gasteiger partial charge in [-0.2, -0.15) is 0 Å². The van der Waals surface area contributed by atoms with Gasteiger partial charge >= 0.3 is 0 Å². The van der Waals surface area contributed by atoms with Gasteiger partial charge in [0, 0.05) is 19.5 Å². The fourth-order valence-electron chi connectivity index (χ4n) is 3.86. The van der Waals surface area contributed by atoms with Crippen LogP contribution >= 0.6 is 0 Å². The van der Waals surface area contributed by atoms with Gasteiger partial charge in [0.2, 0.25) is 5.91 Å². The molecule has 5 heteroatoms. The summed E-state index contributed by atoms with van der Waals surface area (Å²) in [6.45, 7) is 5.47. The minimum absolute atomic E-state index is 0.143. The molecule has 0 N–H and O–H groups in total. The van der Waals surface area contributed by atoms with Gasteiger partial charge in [-0.15, -0.1) is 0 Å². The Morgan fingerprint density at radius 1 is 0.833 bits per heavy atom. The second kappa shape index (κ2) is 10.2. The smallest absolute Gasteiger partial charge is 0.262 e. The topological polar surface area (TPSA) is 57.7 Å². The van der Waals surface area contributed by atoms with Crippen LogP contribution in [0.4, 0.5) is 0 Å². The number of unbranched alkanes of at least 4 members (excludes halogenated alkanes) is 2. The van der Waals surface area contributed by atoms with E-state index in [0.29, 0.717) is 30.6 Å². The van der Waals surface area contributed by atoms with Crippen LogP contribution in [-0.2, 0) is 11.2 Å². The highest BCUT2D eigenvalue weighted by atomic mass is 16.2. The average molecular weight is 407 g/mol. The quantitative estimate of drug-likeness (QED) is 0.552. The Bertz CT molecular complexity index is 851. The third-order valence-corrected chi connectivity index (χ3v) is 5.57. The molecule has 3 rings (SSSR count). The zero-order chi connectivity index (χ0) is 21.5. The van der Waals surface area contributed by atoms with Crippen molar-refractivity contribution in [1.29, 1.82) is 0 Å². The molecule has 0 aliphatic carbocycles. The minimum atomic E-state index is -0.839. The van der Waals surface area contributed by atoms with Gasteiger partial charge in [0.05, 0.1) is 11.1 Å². The van der Waals surface area contributed by atoms with Crippen LogP contribution in [0, 0.1) is 0 Å². The maximum atomic E-state index is 13.7. The number of rotatable bonds is 10. The summed E-state index contributed by atoms with van der Waals surface area (Å²) in [4.78, 5) is 42.9. The molecule has 1 heterocycles. The normalized spacial score (nSPS) is 14.0. The summed E-state index contributed by atoms with van der Waals surface area (Å²) in [6.07, 6.45) is 4.07. The first-order valence-electron chi connectivity index (χ1n) is 10.9. The second-order valence-electron chi connectivity index (χ2n) is 7.76. The number of carbonyl (C=O) groups is 3. The fraction of sp³-hybridized carbons (Fsp3) is 0.400. The third-order valence-electron chi connectivity index (χ3n) is 5.57. The lowest BCUT2D eigenvalue weighted by molar-refractivity contribution is -0.135. The largest absolute Gasteiger partial charge is 0.341 e. The lowest BCUT2D eigenvalue weighted by Crippen LogP contribution is -2.52. The number of fused-ring (bicyclic) bond motifs is 1. The summed E-state index contributed by atoms with van der Waals surface area (Å²) in [7, 11) is 0. The minimum Gasteiger partial charge on any atom is -0.341 e. The third kappa shape index (κ3) is 4.61. The van der Waals surface area contributed by atoms with E-state index in [9.17, 15) is 14.4 Å². The van der Waals surface area contributed by atoms with Crippen LogP contribution in [0.2, 0.25) is 0 Å². The first kappa shape index (κ1) is 21.8. The molecule has 1 unspecified atom stereocenters. The Kier molecular flexibility index (Phi) is 7.39. The number of hydrogen-bond acceptors (Lipinski definition) is 3. The van der Waals surface area contributed by atoms with Crippen molar-refractivity contribution in [2.45, 2.75) is 52.0 Å². The molecule has 0 bridgehead atoms. The maximum Gasteiger partial charge on any atom is 0.262 e. The molecule has 1 aliphatic rings. The Balaban J connectivity index is 1.95. The molecule has 0 radical (unpaired) electrons. The standard InChI is InChI=1S/C25H30N2O3/c1-3-5-16-26(17-6-4-2)25(30)22(18-19-12-8-7-9-13-19)27-23(28)20-14-10-11-15-21(20)24(27)29/h7-15,22H,3-6,16-18H2,1-2H3. The van der Waals surface area contributed by atoms with Gasteiger partial charge in [-0.3, -0.25) is 19.3 Å². The summed E-state index contributed by atoms with van der Waals surface area (Å²) < 4.78 is 0. The van der Waals surface area contributed by atoms with E-state index >= 15 is 0 Å². The highest BCUT2D eigenvalue weighted by Gasteiger charge is 2.43. The molecule has 158 valence electrons. The molecule has 0 spiro atoms. The van der Waals surface area contributed by atoms with Gasteiger partial charge in [-0.05, 0) is 30.5 Å². The van der Waals surface area contributed by atoms with Gasteiger partial charge in [-0.25, -0.2) is 0 Å². The van der Waals surface area contributed by atoms with Crippen molar-refractivity contribution in [3.05, 3.63) is 71.3 Å². The first-order chi connectivity index (χ1) is 14.6. The van der Waals surface area contributed by atoms with E-state index in [0.717, 1.165) is 31.2 Å². The van der Waals surface area contributed by atoms with E-state index in [1.165, 1.54) is 4.90 Å². The van der Waals surface area contributed by atoms with Crippen molar-refractivity contribution in [3.63, 3.8) is 0 Å². The molecule has 0 saturated carbocycles. The van der Waals surface area contributed by atoms with Crippen molar-refractivity contribution < 1.29 is 14.4 Å². The van der Waals surface area contributed by atoms with Crippen molar-refractivity contribution in [2.24, 2.45) is 0 Å². The molecule has 1 atom stereocenters. The number of benzene rings is 2. The van der Waals surface area contributed by atoms with Crippen LogP contribution < -0.4 is 0 Å². The van der Waals surface area contributed by atoms with Crippen molar-refractivity contribution >= 4 is 17.7 Å². The number of amides is 3. The zero-order valence-corrected chi connectivity index (χ0v) is 17.8. The molecular formula is C25H30N2O3. The van der Waals surface area contributed by atoms with Crippen LogP contribution in [0.25, 0.3) is 0 Å². The van der Waals surface area contributed by atoms with Crippen molar-refractivity contribution in [3.8, 4) is 0 Å². The van der Waals surface area contributed by atoms with Crippen LogP contribution in [0.3, 0.4) is 0 Å². The van der Waals surface area contributed by atoms with Gasteiger partial charge in [0.15, 0.2) is 0 Å². The van der Waals surface area contributed by atoms with E-state index in [-0.39, 0.29) is 17.7 Å².